The minimum Gasteiger partial charge on any atom is -0.471 e. The van der Waals surface area contributed by atoms with E-state index in [-0.39, 0.29) is 12.0 Å². The van der Waals surface area contributed by atoms with E-state index < -0.39 is 0 Å². The van der Waals surface area contributed by atoms with E-state index in [4.69, 9.17) is 4.74 Å². The lowest BCUT2D eigenvalue weighted by Crippen LogP contribution is -2.30. The predicted octanol–water partition coefficient (Wildman–Crippen LogP) is 2.38. The summed E-state index contributed by atoms with van der Waals surface area (Å²) in [5, 5.41) is 0.534. The van der Waals surface area contributed by atoms with E-state index >= 15 is 0 Å². The van der Waals surface area contributed by atoms with Crippen molar-refractivity contribution in [1.29, 1.82) is 0 Å². The van der Waals surface area contributed by atoms with E-state index in [1.54, 1.807) is 23.5 Å². The maximum atomic E-state index is 12.6. The molecule has 0 N–H and O–H groups in total. The summed E-state index contributed by atoms with van der Waals surface area (Å²) < 4.78 is 6.80. The molecule has 6 nitrogen and oxygen atoms in total. The smallest absolute Gasteiger partial charge is 0.283 e. The molecule has 0 bridgehead atoms. The van der Waals surface area contributed by atoms with Crippen LogP contribution in [0.1, 0.15) is 16.2 Å². The van der Waals surface area contributed by atoms with Crippen LogP contribution in [0, 0.1) is 0 Å². The number of hydrogen-bond acceptors (Lipinski definition) is 6. The number of fused-ring (bicyclic) bond motifs is 1. The Hall–Kier alpha value is -2.54. The van der Waals surface area contributed by atoms with Crippen molar-refractivity contribution in [2.45, 2.75) is 12.5 Å². The standard InChI is InChI=1S/C16H14N4O2S/c21-16(15-19-12-3-1-2-4-13(12)23-15)20-8-5-11(10-20)22-14-9-17-6-7-18-14/h1-4,6-7,9,11H,5,8,10H2. The molecule has 1 atom stereocenters. The molecule has 2 aromatic heterocycles. The van der Waals surface area contributed by atoms with Gasteiger partial charge in [0.15, 0.2) is 5.01 Å². The number of amides is 1. The van der Waals surface area contributed by atoms with Crippen LogP contribution in [0.3, 0.4) is 0 Å². The number of para-hydroxylation sites is 1. The van der Waals surface area contributed by atoms with Crippen molar-refractivity contribution in [3.63, 3.8) is 0 Å². The van der Waals surface area contributed by atoms with Crippen LogP contribution in [0.2, 0.25) is 0 Å². The maximum Gasteiger partial charge on any atom is 0.283 e. The number of benzene rings is 1. The second kappa shape index (κ2) is 5.92. The second-order valence-electron chi connectivity index (χ2n) is 5.31. The van der Waals surface area contributed by atoms with Gasteiger partial charge in [0.25, 0.3) is 5.91 Å². The third-order valence-electron chi connectivity index (χ3n) is 3.74. The molecule has 1 fully saturated rings. The molecule has 116 valence electrons. The van der Waals surface area contributed by atoms with Crippen molar-refractivity contribution < 1.29 is 9.53 Å². The average molecular weight is 326 g/mol. The predicted molar refractivity (Wildman–Crippen MR) is 86.6 cm³/mol. The van der Waals surface area contributed by atoms with Crippen molar-refractivity contribution in [2.75, 3.05) is 13.1 Å². The number of nitrogens with zero attached hydrogens (tertiary/aromatic N) is 4. The van der Waals surface area contributed by atoms with Gasteiger partial charge >= 0.3 is 0 Å². The number of likely N-dealkylation sites (tertiary alicyclic amines) is 1. The van der Waals surface area contributed by atoms with Crippen LogP contribution in [0.5, 0.6) is 5.88 Å². The molecule has 3 heterocycles. The summed E-state index contributed by atoms with van der Waals surface area (Å²) in [5.41, 5.74) is 0.868. The summed E-state index contributed by atoms with van der Waals surface area (Å²) in [7, 11) is 0. The van der Waals surface area contributed by atoms with Gasteiger partial charge in [-0.05, 0) is 12.1 Å². The Bertz CT molecular complexity index is 803. The molecule has 1 aliphatic heterocycles. The summed E-state index contributed by atoms with van der Waals surface area (Å²) >= 11 is 1.43. The zero-order chi connectivity index (χ0) is 15.6. The fourth-order valence-corrected chi connectivity index (χ4v) is 3.56. The van der Waals surface area contributed by atoms with Crippen molar-refractivity contribution in [3.05, 3.63) is 47.9 Å². The van der Waals surface area contributed by atoms with E-state index in [1.165, 1.54) is 11.3 Å². The number of ether oxygens (including phenoxy) is 1. The third-order valence-corrected chi connectivity index (χ3v) is 4.76. The Kier molecular flexibility index (Phi) is 3.63. The first kappa shape index (κ1) is 14.1. The van der Waals surface area contributed by atoms with E-state index in [1.807, 2.05) is 24.3 Å². The molecule has 0 saturated carbocycles. The number of hydrogen-bond donors (Lipinski definition) is 0. The number of aromatic nitrogens is 3. The fraction of sp³-hybridized carbons (Fsp3) is 0.250. The van der Waals surface area contributed by atoms with Gasteiger partial charge in [-0.2, -0.15) is 0 Å². The Labute approximate surface area is 136 Å². The van der Waals surface area contributed by atoms with Gasteiger partial charge in [-0.25, -0.2) is 9.97 Å². The monoisotopic (exact) mass is 326 g/mol. The third kappa shape index (κ3) is 2.87. The highest BCUT2D eigenvalue weighted by atomic mass is 32.1. The zero-order valence-electron chi connectivity index (χ0n) is 12.3. The lowest BCUT2D eigenvalue weighted by molar-refractivity contribution is 0.0771. The molecular weight excluding hydrogens is 312 g/mol. The average Bonchev–Trinajstić information content (AvgIpc) is 3.21. The number of rotatable bonds is 3. The van der Waals surface area contributed by atoms with Crippen LogP contribution >= 0.6 is 11.3 Å². The molecule has 4 rings (SSSR count). The van der Waals surface area contributed by atoms with Gasteiger partial charge in [-0.15, -0.1) is 11.3 Å². The van der Waals surface area contributed by atoms with Gasteiger partial charge < -0.3 is 9.64 Å². The van der Waals surface area contributed by atoms with Crippen LogP contribution in [-0.2, 0) is 0 Å². The lowest BCUT2D eigenvalue weighted by atomic mass is 10.3. The SMILES string of the molecule is O=C(c1nc2ccccc2s1)N1CCC(Oc2cnccn2)C1. The van der Waals surface area contributed by atoms with Crippen LogP contribution in [0.4, 0.5) is 0 Å². The Morgan fingerprint density at radius 3 is 3.04 bits per heavy atom. The summed E-state index contributed by atoms with van der Waals surface area (Å²) in [5.74, 6) is 0.461. The molecule has 1 aromatic carbocycles. The largest absolute Gasteiger partial charge is 0.471 e. The molecule has 1 aliphatic rings. The normalized spacial score (nSPS) is 17.6. The van der Waals surface area contributed by atoms with Crippen LogP contribution in [0.25, 0.3) is 10.2 Å². The first-order valence-corrected chi connectivity index (χ1v) is 8.19. The van der Waals surface area contributed by atoms with Crippen LogP contribution in [-0.4, -0.2) is 45.0 Å². The number of carbonyl (C=O) groups excluding carboxylic acids is 1. The minimum absolute atomic E-state index is 0.0311. The topological polar surface area (TPSA) is 68.2 Å². The van der Waals surface area contributed by atoms with E-state index in [0.717, 1.165) is 16.6 Å². The molecule has 7 heteroatoms. The Balaban J connectivity index is 1.45. The highest BCUT2D eigenvalue weighted by Gasteiger charge is 2.30. The Morgan fingerprint density at radius 1 is 1.30 bits per heavy atom. The molecule has 1 unspecified atom stereocenters. The molecule has 0 spiro atoms. The number of carbonyl (C=O) groups is 1. The van der Waals surface area contributed by atoms with Gasteiger partial charge in [-0.1, -0.05) is 12.1 Å². The van der Waals surface area contributed by atoms with Crippen molar-refractivity contribution in [1.82, 2.24) is 19.9 Å². The molecule has 3 aromatic rings. The summed E-state index contributed by atoms with van der Waals surface area (Å²) in [4.78, 5) is 26.9. The Morgan fingerprint density at radius 2 is 2.22 bits per heavy atom. The highest BCUT2D eigenvalue weighted by Crippen LogP contribution is 2.24. The van der Waals surface area contributed by atoms with E-state index in [9.17, 15) is 4.79 Å². The maximum absolute atomic E-state index is 12.6. The minimum atomic E-state index is -0.0509. The van der Waals surface area contributed by atoms with Gasteiger partial charge in [0.05, 0.1) is 23.0 Å². The summed E-state index contributed by atoms with van der Waals surface area (Å²) in [6.45, 7) is 1.21. The fourth-order valence-electron chi connectivity index (χ4n) is 2.62. The second-order valence-corrected chi connectivity index (χ2v) is 6.34. The molecule has 23 heavy (non-hydrogen) atoms. The van der Waals surface area contributed by atoms with Crippen molar-refractivity contribution in [3.8, 4) is 5.88 Å². The lowest BCUT2D eigenvalue weighted by Gasteiger charge is -2.15. The van der Waals surface area contributed by atoms with E-state index in [0.29, 0.717) is 24.0 Å². The molecule has 0 aliphatic carbocycles. The highest BCUT2D eigenvalue weighted by molar-refractivity contribution is 7.20. The molecule has 1 saturated heterocycles. The molecular formula is C16H14N4O2S. The van der Waals surface area contributed by atoms with Crippen molar-refractivity contribution in [2.24, 2.45) is 0 Å². The first-order valence-electron chi connectivity index (χ1n) is 7.37. The summed E-state index contributed by atoms with van der Waals surface area (Å²) in [6.07, 6.45) is 5.51. The van der Waals surface area contributed by atoms with Gasteiger partial charge in [0.2, 0.25) is 5.88 Å². The van der Waals surface area contributed by atoms with Crippen molar-refractivity contribution >= 4 is 27.5 Å². The van der Waals surface area contributed by atoms with Gasteiger partial charge in [-0.3, -0.25) is 9.78 Å². The number of thiazole rings is 1. The van der Waals surface area contributed by atoms with E-state index in [2.05, 4.69) is 15.0 Å². The first-order chi connectivity index (χ1) is 11.3. The van der Waals surface area contributed by atoms with Crippen LogP contribution in [0.15, 0.2) is 42.9 Å². The zero-order valence-corrected chi connectivity index (χ0v) is 13.1. The van der Waals surface area contributed by atoms with Gasteiger partial charge in [0, 0.05) is 25.4 Å². The molecule has 0 radical (unpaired) electrons. The van der Waals surface area contributed by atoms with Gasteiger partial charge in [0.1, 0.15) is 6.10 Å². The quantitative estimate of drug-likeness (QED) is 0.739. The summed E-state index contributed by atoms with van der Waals surface area (Å²) in [6, 6.07) is 7.78. The molecule has 1 amide bonds. The van der Waals surface area contributed by atoms with Crippen LogP contribution < -0.4 is 4.74 Å².